The molecule has 3 rings (SSSR count). The Balaban J connectivity index is 2.09. The van der Waals surface area contributed by atoms with Crippen molar-refractivity contribution in [1.82, 2.24) is 9.36 Å². The lowest BCUT2D eigenvalue weighted by Gasteiger charge is -2.14. The molecule has 0 amide bonds. The molecule has 1 heterocycles. The number of benzene rings is 2. The summed E-state index contributed by atoms with van der Waals surface area (Å²) >= 11 is 1.39. The highest BCUT2D eigenvalue weighted by molar-refractivity contribution is 7.09. The monoisotopic (exact) mass is 281 g/mol. The summed E-state index contributed by atoms with van der Waals surface area (Å²) in [6, 6.07) is 20.8. The molecule has 1 N–H and O–H groups in total. The van der Waals surface area contributed by atoms with E-state index >= 15 is 0 Å². The molecule has 0 unspecified atom stereocenters. The van der Waals surface area contributed by atoms with Gasteiger partial charge in [0.2, 0.25) is 5.13 Å². The van der Waals surface area contributed by atoms with Gasteiger partial charge in [0, 0.05) is 18.6 Å². The van der Waals surface area contributed by atoms with Gasteiger partial charge in [0.25, 0.3) is 0 Å². The fourth-order valence-corrected chi connectivity index (χ4v) is 2.79. The summed E-state index contributed by atoms with van der Waals surface area (Å²) in [6.45, 7) is 0. The van der Waals surface area contributed by atoms with Gasteiger partial charge in [-0.2, -0.15) is 4.37 Å². The van der Waals surface area contributed by atoms with E-state index in [-0.39, 0.29) is 5.92 Å². The number of aromatic nitrogens is 2. The molecular formula is C16H15N3S. The van der Waals surface area contributed by atoms with Crippen LogP contribution < -0.4 is 5.32 Å². The Morgan fingerprint density at radius 1 is 0.900 bits per heavy atom. The van der Waals surface area contributed by atoms with Crippen LogP contribution >= 0.6 is 11.5 Å². The Kier molecular flexibility index (Phi) is 3.74. The second-order valence-electron chi connectivity index (χ2n) is 4.46. The van der Waals surface area contributed by atoms with Gasteiger partial charge < -0.3 is 5.32 Å². The van der Waals surface area contributed by atoms with E-state index in [1.807, 2.05) is 19.2 Å². The van der Waals surface area contributed by atoms with Crippen LogP contribution in [0.25, 0.3) is 0 Å². The van der Waals surface area contributed by atoms with Crippen LogP contribution in [-0.2, 0) is 0 Å². The minimum absolute atomic E-state index is 0.0794. The van der Waals surface area contributed by atoms with Gasteiger partial charge >= 0.3 is 0 Å². The molecule has 1 aromatic heterocycles. The lowest BCUT2D eigenvalue weighted by molar-refractivity contribution is 0.891. The first-order valence-corrected chi connectivity index (χ1v) is 7.27. The van der Waals surface area contributed by atoms with Gasteiger partial charge in [0.05, 0.1) is 5.92 Å². The van der Waals surface area contributed by atoms with Crippen LogP contribution in [0.15, 0.2) is 60.7 Å². The van der Waals surface area contributed by atoms with E-state index in [2.05, 4.69) is 63.2 Å². The standard InChI is InChI=1S/C16H15N3S/c1-17-16-18-15(19-20-16)14(12-8-4-2-5-9-12)13-10-6-3-7-11-13/h2-11,14H,1H3,(H,17,18,19). The largest absolute Gasteiger partial charge is 0.363 e. The van der Waals surface area contributed by atoms with Crippen LogP contribution in [0.1, 0.15) is 22.9 Å². The third kappa shape index (κ3) is 2.56. The van der Waals surface area contributed by atoms with Crippen molar-refractivity contribution in [2.45, 2.75) is 5.92 Å². The second-order valence-corrected chi connectivity index (χ2v) is 5.21. The molecule has 0 radical (unpaired) electrons. The van der Waals surface area contributed by atoms with Crippen molar-refractivity contribution in [2.75, 3.05) is 12.4 Å². The lowest BCUT2D eigenvalue weighted by Crippen LogP contribution is -2.05. The lowest BCUT2D eigenvalue weighted by atomic mass is 9.91. The van der Waals surface area contributed by atoms with Gasteiger partial charge in [-0.15, -0.1) is 0 Å². The summed E-state index contributed by atoms with van der Waals surface area (Å²) in [5.74, 6) is 0.924. The minimum atomic E-state index is 0.0794. The SMILES string of the molecule is CNc1nc(C(c2ccccc2)c2ccccc2)ns1. The van der Waals surface area contributed by atoms with Crippen LogP contribution in [-0.4, -0.2) is 16.4 Å². The van der Waals surface area contributed by atoms with E-state index in [0.29, 0.717) is 0 Å². The molecule has 3 nitrogen and oxygen atoms in total. The molecule has 3 aromatic rings. The quantitative estimate of drug-likeness (QED) is 0.791. The van der Waals surface area contributed by atoms with Gasteiger partial charge in [0.1, 0.15) is 0 Å². The topological polar surface area (TPSA) is 37.8 Å². The van der Waals surface area contributed by atoms with Crippen molar-refractivity contribution in [3.8, 4) is 0 Å². The second kappa shape index (κ2) is 5.84. The van der Waals surface area contributed by atoms with Gasteiger partial charge in [-0.25, -0.2) is 4.98 Å². The van der Waals surface area contributed by atoms with Crippen molar-refractivity contribution >= 4 is 16.7 Å². The van der Waals surface area contributed by atoms with E-state index in [4.69, 9.17) is 0 Å². The molecule has 4 heteroatoms. The molecule has 0 aliphatic heterocycles. The average molecular weight is 281 g/mol. The van der Waals surface area contributed by atoms with Crippen molar-refractivity contribution in [1.29, 1.82) is 0 Å². The van der Waals surface area contributed by atoms with Gasteiger partial charge in [-0.3, -0.25) is 0 Å². The maximum atomic E-state index is 4.58. The van der Waals surface area contributed by atoms with Crippen LogP contribution in [0.4, 0.5) is 5.13 Å². The first-order valence-electron chi connectivity index (χ1n) is 6.49. The number of nitrogens with zero attached hydrogens (tertiary/aromatic N) is 2. The van der Waals surface area contributed by atoms with Gasteiger partial charge in [0.15, 0.2) is 5.82 Å². The van der Waals surface area contributed by atoms with Crippen molar-refractivity contribution in [3.63, 3.8) is 0 Å². The van der Waals surface area contributed by atoms with E-state index < -0.39 is 0 Å². The zero-order valence-corrected chi connectivity index (χ0v) is 12.0. The summed E-state index contributed by atoms with van der Waals surface area (Å²) in [6.07, 6.45) is 0. The number of hydrogen-bond donors (Lipinski definition) is 1. The predicted molar refractivity (Wildman–Crippen MR) is 83.3 cm³/mol. The van der Waals surface area contributed by atoms with Crippen LogP contribution in [0.2, 0.25) is 0 Å². The number of hydrogen-bond acceptors (Lipinski definition) is 4. The highest BCUT2D eigenvalue weighted by Gasteiger charge is 2.20. The minimum Gasteiger partial charge on any atom is -0.363 e. The van der Waals surface area contributed by atoms with E-state index in [9.17, 15) is 0 Å². The summed E-state index contributed by atoms with van der Waals surface area (Å²) in [5, 5.41) is 3.89. The molecular weight excluding hydrogens is 266 g/mol. The van der Waals surface area contributed by atoms with E-state index in [1.165, 1.54) is 22.7 Å². The number of nitrogens with one attached hydrogen (secondary N) is 1. The Morgan fingerprint density at radius 3 is 1.90 bits per heavy atom. The Labute approximate surface area is 122 Å². The molecule has 0 spiro atoms. The first kappa shape index (κ1) is 12.8. The highest BCUT2D eigenvalue weighted by atomic mass is 32.1. The molecule has 0 atom stereocenters. The smallest absolute Gasteiger partial charge is 0.202 e. The van der Waals surface area contributed by atoms with Crippen molar-refractivity contribution in [3.05, 3.63) is 77.6 Å². The predicted octanol–water partition coefficient (Wildman–Crippen LogP) is 3.76. The van der Waals surface area contributed by atoms with E-state index in [1.54, 1.807) is 0 Å². The highest BCUT2D eigenvalue weighted by Crippen LogP contribution is 2.31. The van der Waals surface area contributed by atoms with E-state index in [0.717, 1.165) is 11.0 Å². The summed E-state index contributed by atoms with van der Waals surface area (Å²) < 4.78 is 4.51. The molecule has 100 valence electrons. The maximum Gasteiger partial charge on any atom is 0.202 e. The Morgan fingerprint density at radius 2 is 1.45 bits per heavy atom. The maximum absolute atomic E-state index is 4.58. The molecule has 0 fully saturated rings. The summed E-state index contributed by atoms with van der Waals surface area (Å²) in [5.41, 5.74) is 2.42. The van der Waals surface area contributed by atoms with Crippen LogP contribution in [0, 0.1) is 0 Å². The third-order valence-electron chi connectivity index (χ3n) is 3.18. The third-order valence-corrected chi connectivity index (χ3v) is 3.93. The van der Waals surface area contributed by atoms with Gasteiger partial charge in [-0.05, 0) is 11.1 Å². The molecule has 20 heavy (non-hydrogen) atoms. The molecule has 0 aliphatic rings. The Hall–Kier alpha value is -2.20. The molecule has 0 saturated heterocycles. The number of rotatable bonds is 4. The normalized spacial score (nSPS) is 10.7. The van der Waals surface area contributed by atoms with Crippen LogP contribution in [0.5, 0.6) is 0 Å². The fraction of sp³-hybridized carbons (Fsp3) is 0.125. The molecule has 0 saturated carbocycles. The molecule has 0 bridgehead atoms. The molecule has 2 aromatic carbocycles. The van der Waals surface area contributed by atoms with Crippen molar-refractivity contribution in [2.24, 2.45) is 0 Å². The summed E-state index contributed by atoms with van der Waals surface area (Å²) in [4.78, 5) is 4.58. The fourth-order valence-electron chi connectivity index (χ4n) is 2.24. The van der Waals surface area contributed by atoms with Gasteiger partial charge in [-0.1, -0.05) is 60.7 Å². The zero-order valence-electron chi connectivity index (χ0n) is 11.2. The Bertz CT molecular complexity index is 625. The average Bonchev–Trinajstić information content (AvgIpc) is 2.98. The molecule has 0 aliphatic carbocycles. The van der Waals surface area contributed by atoms with Crippen molar-refractivity contribution < 1.29 is 0 Å². The number of anilines is 1. The zero-order chi connectivity index (χ0) is 13.8. The van der Waals surface area contributed by atoms with Crippen LogP contribution in [0.3, 0.4) is 0 Å². The first-order chi connectivity index (χ1) is 9.88. The summed E-state index contributed by atoms with van der Waals surface area (Å²) in [7, 11) is 1.87.